The predicted octanol–water partition coefficient (Wildman–Crippen LogP) is 2.94. The number of furan rings is 1. The smallest absolute Gasteiger partial charge is 0.259 e. The summed E-state index contributed by atoms with van der Waals surface area (Å²) < 4.78 is 37.9. The van der Waals surface area contributed by atoms with Crippen LogP contribution in [0, 0.1) is 6.92 Å². The third kappa shape index (κ3) is 3.47. The number of hydrogen-bond acceptors (Lipinski definition) is 7. The van der Waals surface area contributed by atoms with Crippen LogP contribution in [-0.2, 0) is 10.0 Å². The molecule has 1 aromatic carbocycles. The summed E-state index contributed by atoms with van der Waals surface area (Å²) in [4.78, 5) is 19.8. The van der Waals surface area contributed by atoms with Gasteiger partial charge >= 0.3 is 0 Å². The van der Waals surface area contributed by atoms with E-state index in [0.29, 0.717) is 28.1 Å². The molecule has 10 heteroatoms. The van der Waals surface area contributed by atoms with Crippen molar-refractivity contribution in [2.24, 2.45) is 0 Å². The fourth-order valence-electron chi connectivity index (χ4n) is 3.86. The normalized spacial score (nSPS) is 15.3. The van der Waals surface area contributed by atoms with Crippen molar-refractivity contribution in [3.8, 4) is 11.5 Å². The fraction of sp³-hybridized carbons (Fsp3) is 0.227. The summed E-state index contributed by atoms with van der Waals surface area (Å²) >= 11 is 0. The lowest BCUT2D eigenvalue weighted by atomic mass is 10.1. The van der Waals surface area contributed by atoms with Gasteiger partial charge in [-0.3, -0.25) is 4.79 Å². The summed E-state index contributed by atoms with van der Waals surface area (Å²) in [5.74, 6) is 0.280. The topological polar surface area (TPSA) is 110 Å². The number of fused-ring (bicyclic) bond motifs is 1. The van der Waals surface area contributed by atoms with Gasteiger partial charge in [0.2, 0.25) is 10.0 Å². The van der Waals surface area contributed by atoms with Crippen molar-refractivity contribution in [3.63, 3.8) is 0 Å². The molecule has 4 aromatic rings. The lowest BCUT2D eigenvalue weighted by Crippen LogP contribution is -2.50. The van der Waals surface area contributed by atoms with Crippen LogP contribution < -0.4 is 0 Å². The molecule has 5 rings (SSSR count). The number of piperazine rings is 1. The Balaban J connectivity index is 1.42. The van der Waals surface area contributed by atoms with Crippen molar-refractivity contribution in [2.45, 2.75) is 11.8 Å². The predicted molar refractivity (Wildman–Crippen MR) is 115 cm³/mol. The van der Waals surface area contributed by atoms with E-state index in [9.17, 15) is 13.2 Å². The van der Waals surface area contributed by atoms with E-state index in [2.05, 4.69) is 10.1 Å². The average molecular weight is 452 g/mol. The van der Waals surface area contributed by atoms with Gasteiger partial charge in [-0.2, -0.15) is 4.31 Å². The number of sulfonamides is 1. The summed E-state index contributed by atoms with van der Waals surface area (Å²) in [5.41, 5.74) is 1.68. The summed E-state index contributed by atoms with van der Waals surface area (Å²) in [6.45, 7) is 2.72. The zero-order chi connectivity index (χ0) is 22.3. The highest BCUT2D eigenvalue weighted by Crippen LogP contribution is 2.28. The van der Waals surface area contributed by atoms with Gasteiger partial charge in [0.05, 0.1) is 27.8 Å². The lowest BCUT2D eigenvalue weighted by Gasteiger charge is -2.34. The second kappa shape index (κ2) is 7.88. The third-order valence-electron chi connectivity index (χ3n) is 5.53. The Morgan fingerprint density at radius 3 is 2.47 bits per heavy atom. The molecular weight excluding hydrogens is 432 g/mol. The van der Waals surface area contributed by atoms with Gasteiger partial charge < -0.3 is 13.8 Å². The number of amides is 1. The molecule has 3 aromatic heterocycles. The largest absolute Gasteiger partial charge is 0.463 e. The Kier molecular flexibility index (Phi) is 5.03. The monoisotopic (exact) mass is 452 g/mol. The molecule has 0 atom stereocenters. The zero-order valence-electron chi connectivity index (χ0n) is 17.3. The highest BCUT2D eigenvalue weighted by molar-refractivity contribution is 7.89. The summed E-state index contributed by atoms with van der Waals surface area (Å²) in [6.07, 6.45) is 1.53. The van der Waals surface area contributed by atoms with Gasteiger partial charge in [-0.05, 0) is 37.3 Å². The molecule has 1 aliphatic heterocycles. The van der Waals surface area contributed by atoms with Gasteiger partial charge in [-0.1, -0.05) is 23.4 Å². The van der Waals surface area contributed by atoms with E-state index in [-0.39, 0.29) is 42.7 Å². The molecule has 0 saturated carbocycles. The van der Waals surface area contributed by atoms with Crippen LogP contribution in [0.2, 0.25) is 0 Å². The van der Waals surface area contributed by atoms with Crippen LogP contribution in [0.4, 0.5) is 0 Å². The Morgan fingerprint density at radius 2 is 1.78 bits per heavy atom. The summed E-state index contributed by atoms with van der Waals surface area (Å²) in [6, 6.07) is 13.5. The van der Waals surface area contributed by atoms with E-state index in [1.807, 2.05) is 0 Å². The van der Waals surface area contributed by atoms with Crippen molar-refractivity contribution in [1.82, 2.24) is 19.3 Å². The Hall–Kier alpha value is -3.50. The van der Waals surface area contributed by atoms with Crippen molar-refractivity contribution >= 4 is 27.0 Å². The molecule has 0 bridgehead atoms. The van der Waals surface area contributed by atoms with Crippen LogP contribution in [0.3, 0.4) is 0 Å². The summed E-state index contributed by atoms with van der Waals surface area (Å²) in [5, 5.41) is 4.50. The molecule has 0 aliphatic carbocycles. The van der Waals surface area contributed by atoms with E-state index >= 15 is 0 Å². The quantitative estimate of drug-likeness (QED) is 0.468. The van der Waals surface area contributed by atoms with E-state index < -0.39 is 10.0 Å². The standard InChI is InChI=1S/C22H20N4O5S/c1-15-20-17(14-18(19-8-5-13-30-19)23-21(20)31-24-15)22(27)25-9-11-26(12-10-25)32(28,29)16-6-3-2-4-7-16/h2-8,13-14H,9-12H2,1H3. The van der Waals surface area contributed by atoms with Crippen LogP contribution in [0.5, 0.6) is 0 Å². The van der Waals surface area contributed by atoms with E-state index in [0.717, 1.165) is 0 Å². The maximum atomic E-state index is 13.4. The molecule has 0 radical (unpaired) electrons. The number of benzene rings is 1. The number of rotatable bonds is 4. The Labute approximate surface area is 184 Å². The zero-order valence-corrected chi connectivity index (χ0v) is 18.1. The molecule has 1 amide bonds. The van der Waals surface area contributed by atoms with Crippen LogP contribution in [-0.4, -0.2) is 59.8 Å². The van der Waals surface area contributed by atoms with Crippen molar-refractivity contribution in [3.05, 3.63) is 66.1 Å². The number of carbonyl (C=O) groups excluding carboxylic acids is 1. The molecular formula is C22H20N4O5S. The molecule has 4 heterocycles. The van der Waals surface area contributed by atoms with E-state index in [1.54, 1.807) is 60.4 Å². The Bertz CT molecular complexity index is 1370. The van der Waals surface area contributed by atoms with E-state index in [4.69, 9.17) is 8.94 Å². The number of pyridine rings is 1. The number of aromatic nitrogens is 2. The molecule has 0 spiro atoms. The summed E-state index contributed by atoms with van der Waals surface area (Å²) in [7, 11) is -3.60. The van der Waals surface area contributed by atoms with Gasteiger partial charge in [-0.15, -0.1) is 0 Å². The van der Waals surface area contributed by atoms with E-state index in [1.165, 1.54) is 10.6 Å². The molecule has 0 unspecified atom stereocenters. The van der Waals surface area contributed by atoms with Crippen LogP contribution in [0.25, 0.3) is 22.6 Å². The van der Waals surface area contributed by atoms with Gasteiger partial charge in [0.1, 0.15) is 5.69 Å². The second-order valence-electron chi connectivity index (χ2n) is 7.49. The minimum atomic E-state index is -3.60. The fourth-order valence-corrected chi connectivity index (χ4v) is 5.30. The molecule has 0 N–H and O–H groups in total. The van der Waals surface area contributed by atoms with Crippen LogP contribution in [0.15, 0.2) is 68.6 Å². The molecule has 1 aliphatic rings. The molecule has 1 saturated heterocycles. The number of hydrogen-bond donors (Lipinski definition) is 0. The minimum Gasteiger partial charge on any atom is -0.463 e. The number of nitrogens with zero attached hydrogens (tertiary/aromatic N) is 4. The highest BCUT2D eigenvalue weighted by Gasteiger charge is 2.31. The van der Waals surface area contributed by atoms with Gasteiger partial charge in [0.15, 0.2) is 5.76 Å². The first kappa shape index (κ1) is 20.4. The lowest BCUT2D eigenvalue weighted by molar-refractivity contribution is 0.0699. The number of aryl methyl sites for hydroxylation is 1. The first-order valence-electron chi connectivity index (χ1n) is 10.1. The maximum absolute atomic E-state index is 13.4. The van der Waals surface area contributed by atoms with Gasteiger partial charge in [-0.25, -0.2) is 13.4 Å². The van der Waals surface area contributed by atoms with Crippen molar-refractivity contribution in [2.75, 3.05) is 26.2 Å². The molecule has 9 nitrogen and oxygen atoms in total. The first-order valence-corrected chi connectivity index (χ1v) is 11.5. The minimum absolute atomic E-state index is 0.213. The molecule has 32 heavy (non-hydrogen) atoms. The third-order valence-corrected chi connectivity index (χ3v) is 7.44. The highest BCUT2D eigenvalue weighted by atomic mass is 32.2. The Morgan fingerprint density at radius 1 is 1.03 bits per heavy atom. The first-order chi connectivity index (χ1) is 15.4. The van der Waals surface area contributed by atoms with Crippen LogP contribution >= 0.6 is 0 Å². The van der Waals surface area contributed by atoms with Crippen LogP contribution in [0.1, 0.15) is 16.1 Å². The average Bonchev–Trinajstić information content (AvgIpc) is 3.49. The maximum Gasteiger partial charge on any atom is 0.259 e. The second-order valence-corrected chi connectivity index (χ2v) is 9.43. The van der Waals surface area contributed by atoms with Crippen molar-refractivity contribution < 1.29 is 22.2 Å². The number of carbonyl (C=O) groups is 1. The van der Waals surface area contributed by atoms with Gasteiger partial charge in [0.25, 0.3) is 11.6 Å². The SMILES string of the molecule is Cc1noc2nc(-c3ccco3)cc(C(=O)N3CCN(S(=O)(=O)c4ccccc4)CC3)c12. The van der Waals surface area contributed by atoms with Gasteiger partial charge in [0, 0.05) is 26.2 Å². The molecule has 1 fully saturated rings. The molecule has 164 valence electrons. The van der Waals surface area contributed by atoms with Crippen molar-refractivity contribution in [1.29, 1.82) is 0 Å².